The van der Waals surface area contributed by atoms with Gasteiger partial charge < -0.3 is 0 Å². The highest BCUT2D eigenvalue weighted by Gasteiger charge is 2.14. The van der Waals surface area contributed by atoms with E-state index in [1.165, 1.54) is 65.3 Å². The molecule has 3 aromatic heterocycles. The van der Waals surface area contributed by atoms with Crippen LogP contribution in [0, 0.1) is 11.6 Å². The Morgan fingerprint density at radius 3 is 1.64 bits per heavy atom. The van der Waals surface area contributed by atoms with Gasteiger partial charge in [0.2, 0.25) is 0 Å². The lowest BCUT2D eigenvalue weighted by atomic mass is 10.2. The molecule has 0 radical (unpaired) electrons. The van der Waals surface area contributed by atoms with Crippen molar-refractivity contribution >= 4 is 44.8 Å². The Hall–Kier alpha value is -4.35. The van der Waals surface area contributed by atoms with Gasteiger partial charge in [-0.1, -0.05) is 0 Å². The van der Waals surface area contributed by atoms with E-state index in [0.29, 0.717) is 21.7 Å². The molecular formula is C25H15F2N5O2S2. The van der Waals surface area contributed by atoms with Gasteiger partial charge >= 0.3 is 0 Å². The van der Waals surface area contributed by atoms with Crippen LogP contribution in [0.4, 0.5) is 19.0 Å². The van der Waals surface area contributed by atoms with E-state index >= 15 is 0 Å². The van der Waals surface area contributed by atoms with E-state index in [1.54, 1.807) is 35.0 Å². The number of amides is 2. The first-order valence-corrected chi connectivity index (χ1v) is 12.2. The molecular weight excluding hydrogens is 504 g/mol. The topological polar surface area (TPSA) is 96.9 Å². The molecule has 0 aliphatic rings. The van der Waals surface area contributed by atoms with Crippen molar-refractivity contribution in [2.45, 2.75) is 0 Å². The Morgan fingerprint density at radius 2 is 1.17 bits per heavy atom. The number of pyridine rings is 1. The number of rotatable bonds is 6. The van der Waals surface area contributed by atoms with E-state index in [4.69, 9.17) is 0 Å². The second-order valence-corrected chi connectivity index (χ2v) is 9.15. The molecule has 0 aliphatic carbocycles. The third-order valence-corrected chi connectivity index (χ3v) is 6.50. The van der Waals surface area contributed by atoms with E-state index in [0.717, 1.165) is 11.1 Å². The summed E-state index contributed by atoms with van der Waals surface area (Å²) in [6.45, 7) is 0. The number of thiazole rings is 2. The zero-order valence-corrected chi connectivity index (χ0v) is 19.9. The predicted octanol–water partition coefficient (Wildman–Crippen LogP) is 6.11. The summed E-state index contributed by atoms with van der Waals surface area (Å²) >= 11 is 2.46. The lowest BCUT2D eigenvalue weighted by molar-refractivity contribution is 0.101. The summed E-state index contributed by atoms with van der Waals surface area (Å²) in [5, 5.41) is 9.62. The molecule has 0 unspecified atom stereocenters. The van der Waals surface area contributed by atoms with Crippen molar-refractivity contribution in [2.75, 3.05) is 10.6 Å². The van der Waals surface area contributed by atoms with Crippen LogP contribution in [-0.2, 0) is 0 Å². The standard InChI is InChI=1S/C25H15F2N5O2S2/c26-17-6-1-14(2-7-17)20-12-35-24(29-20)31-22(33)16-5-10-19(28-11-16)23(34)32-25-30-21(13-36-25)15-3-8-18(27)9-4-15/h1-13H,(H,29,31,33)(H,30,32,34). The molecule has 7 nitrogen and oxygen atoms in total. The number of hydrogen-bond acceptors (Lipinski definition) is 7. The molecule has 0 fully saturated rings. The van der Waals surface area contributed by atoms with Crippen molar-refractivity contribution in [1.29, 1.82) is 0 Å². The number of aromatic nitrogens is 3. The second kappa shape index (κ2) is 10.1. The quantitative estimate of drug-likeness (QED) is 0.282. The molecule has 178 valence electrons. The predicted molar refractivity (Wildman–Crippen MR) is 135 cm³/mol. The number of halogens is 2. The maximum atomic E-state index is 13.1. The Balaban J connectivity index is 1.20. The van der Waals surface area contributed by atoms with E-state index < -0.39 is 11.8 Å². The van der Waals surface area contributed by atoms with Crippen LogP contribution in [0.2, 0.25) is 0 Å². The first kappa shape index (κ1) is 23.4. The van der Waals surface area contributed by atoms with Gasteiger partial charge in [0, 0.05) is 28.1 Å². The van der Waals surface area contributed by atoms with Gasteiger partial charge in [0.15, 0.2) is 10.3 Å². The first-order chi connectivity index (χ1) is 17.4. The lowest BCUT2D eigenvalue weighted by Crippen LogP contribution is -2.16. The van der Waals surface area contributed by atoms with Crippen LogP contribution in [0.25, 0.3) is 22.5 Å². The van der Waals surface area contributed by atoms with Gasteiger partial charge in [-0.3, -0.25) is 25.2 Å². The van der Waals surface area contributed by atoms with E-state index in [2.05, 4.69) is 25.6 Å². The molecule has 0 aliphatic heterocycles. The minimum absolute atomic E-state index is 0.109. The Labute approximate surface area is 211 Å². The molecule has 5 rings (SSSR count). The second-order valence-electron chi connectivity index (χ2n) is 7.43. The number of carbonyl (C=O) groups excluding carboxylic acids is 2. The summed E-state index contributed by atoms with van der Waals surface area (Å²) in [5.74, 6) is -1.59. The maximum absolute atomic E-state index is 13.1. The first-order valence-electron chi connectivity index (χ1n) is 10.5. The van der Waals surface area contributed by atoms with E-state index in [-0.39, 0.29) is 22.9 Å². The molecule has 0 bridgehead atoms. The summed E-state index contributed by atoms with van der Waals surface area (Å²) in [7, 11) is 0. The number of anilines is 2. The summed E-state index contributed by atoms with van der Waals surface area (Å²) in [6.07, 6.45) is 1.30. The molecule has 0 spiro atoms. The number of hydrogen-bond donors (Lipinski definition) is 2. The van der Waals surface area contributed by atoms with Gasteiger partial charge in [-0.2, -0.15) is 0 Å². The molecule has 11 heteroatoms. The van der Waals surface area contributed by atoms with Gasteiger partial charge in [-0.25, -0.2) is 18.7 Å². The number of benzene rings is 2. The summed E-state index contributed by atoms with van der Waals surface area (Å²) in [5.41, 5.74) is 3.04. The fourth-order valence-corrected chi connectivity index (χ4v) is 4.59. The fourth-order valence-electron chi connectivity index (χ4n) is 3.16. The van der Waals surface area contributed by atoms with Crippen LogP contribution in [-0.4, -0.2) is 26.8 Å². The van der Waals surface area contributed by atoms with Crippen LogP contribution in [0.5, 0.6) is 0 Å². The van der Waals surface area contributed by atoms with Gasteiger partial charge in [0.1, 0.15) is 17.3 Å². The highest BCUT2D eigenvalue weighted by Crippen LogP contribution is 2.26. The highest BCUT2D eigenvalue weighted by atomic mass is 32.1. The SMILES string of the molecule is O=C(Nc1nc(-c2ccc(F)cc2)cs1)c1ccc(C(=O)Nc2nc(-c3ccc(F)cc3)cs2)nc1. The van der Waals surface area contributed by atoms with E-state index in [9.17, 15) is 18.4 Å². The number of nitrogens with zero attached hydrogens (tertiary/aromatic N) is 3. The molecule has 0 saturated carbocycles. The highest BCUT2D eigenvalue weighted by molar-refractivity contribution is 7.14. The molecule has 36 heavy (non-hydrogen) atoms. The molecule has 3 heterocycles. The van der Waals surface area contributed by atoms with E-state index in [1.807, 2.05) is 0 Å². The van der Waals surface area contributed by atoms with Gasteiger partial charge in [-0.05, 0) is 60.7 Å². The molecule has 0 saturated heterocycles. The maximum Gasteiger partial charge on any atom is 0.276 e. The lowest BCUT2D eigenvalue weighted by Gasteiger charge is -2.04. The van der Waals surface area contributed by atoms with Gasteiger partial charge in [-0.15, -0.1) is 22.7 Å². The van der Waals surface area contributed by atoms with Gasteiger partial charge in [0.25, 0.3) is 11.8 Å². The largest absolute Gasteiger partial charge is 0.298 e. The third-order valence-electron chi connectivity index (χ3n) is 4.99. The average Bonchev–Trinajstić information content (AvgIpc) is 3.55. The normalized spacial score (nSPS) is 10.7. The Kier molecular flexibility index (Phi) is 6.56. The van der Waals surface area contributed by atoms with Crippen LogP contribution < -0.4 is 10.6 Å². The minimum atomic E-state index is -0.481. The van der Waals surface area contributed by atoms with Crippen LogP contribution in [0.1, 0.15) is 20.8 Å². The zero-order valence-electron chi connectivity index (χ0n) is 18.2. The number of nitrogens with one attached hydrogen (secondary N) is 2. The molecule has 0 atom stereocenters. The summed E-state index contributed by atoms with van der Waals surface area (Å²) in [6, 6.07) is 14.7. The average molecular weight is 520 g/mol. The zero-order chi connectivity index (χ0) is 25.1. The van der Waals surface area contributed by atoms with Crippen molar-refractivity contribution in [2.24, 2.45) is 0 Å². The molecule has 5 aromatic rings. The van der Waals surface area contributed by atoms with Crippen LogP contribution in [0.3, 0.4) is 0 Å². The van der Waals surface area contributed by atoms with Crippen molar-refractivity contribution < 1.29 is 18.4 Å². The van der Waals surface area contributed by atoms with Crippen LogP contribution in [0.15, 0.2) is 77.6 Å². The Morgan fingerprint density at radius 1 is 0.667 bits per heavy atom. The van der Waals surface area contributed by atoms with Crippen molar-refractivity contribution in [3.05, 3.63) is 101 Å². The number of carbonyl (C=O) groups is 2. The third kappa shape index (κ3) is 5.32. The summed E-state index contributed by atoms with van der Waals surface area (Å²) in [4.78, 5) is 37.9. The summed E-state index contributed by atoms with van der Waals surface area (Å²) < 4.78 is 26.2. The smallest absolute Gasteiger partial charge is 0.276 e. The monoisotopic (exact) mass is 519 g/mol. The van der Waals surface area contributed by atoms with Crippen molar-refractivity contribution in [1.82, 2.24) is 15.0 Å². The molecule has 2 aromatic carbocycles. The van der Waals surface area contributed by atoms with Crippen LogP contribution >= 0.6 is 22.7 Å². The molecule has 2 N–H and O–H groups in total. The molecule has 2 amide bonds. The van der Waals surface area contributed by atoms with Crippen molar-refractivity contribution in [3.8, 4) is 22.5 Å². The minimum Gasteiger partial charge on any atom is -0.298 e. The Bertz CT molecular complexity index is 1420. The van der Waals surface area contributed by atoms with Gasteiger partial charge in [0.05, 0.1) is 17.0 Å². The van der Waals surface area contributed by atoms with Crippen molar-refractivity contribution in [3.63, 3.8) is 0 Å². The fraction of sp³-hybridized carbons (Fsp3) is 0.